The number of hydrogen-bond acceptors (Lipinski definition) is 3. The van der Waals surface area contributed by atoms with E-state index < -0.39 is 5.97 Å². The van der Waals surface area contributed by atoms with E-state index >= 15 is 0 Å². The van der Waals surface area contributed by atoms with Gasteiger partial charge in [-0.25, -0.2) is 4.79 Å². The molecule has 4 aromatic rings. The van der Waals surface area contributed by atoms with Crippen LogP contribution in [0.2, 0.25) is 0 Å². The first-order valence-corrected chi connectivity index (χ1v) is 10.8. The third-order valence-corrected chi connectivity index (χ3v) is 5.34. The molecule has 4 heteroatoms. The van der Waals surface area contributed by atoms with Crippen molar-refractivity contribution >= 4 is 39.5 Å². The Morgan fingerprint density at radius 2 is 1.44 bits per heavy atom. The number of ether oxygens (including phenoxy) is 1. The summed E-state index contributed by atoms with van der Waals surface area (Å²) >= 11 is 0. The normalized spacial score (nSPS) is 11.5. The number of hydrogen-bond donors (Lipinski definition) is 1. The fourth-order valence-corrected chi connectivity index (χ4v) is 3.67. The molecule has 0 fully saturated rings. The number of carbonyl (C=O) groups excluding carboxylic acids is 2. The van der Waals surface area contributed by atoms with Crippen LogP contribution in [0.4, 0.5) is 0 Å². The van der Waals surface area contributed by atoms with Gasteiger partial charge in [-0.15, -0.1) is 0 Å². The molecule has 1 amide bonds. The number of carbonyl (C=O) groups is 2. The Morgan fingerprint density at radius 1 is 0.844 bits per heavy atom. The van der Waals surface area contributed by atoms with Crippen molar-refractivity contribution in [2.75, 3.05) is 6.61 Å². The van der Waals surface area contributed by atoms with E-state index in [1.54, 1.807) is 30.3 Å². The monoisotopic (exact) mass is 423 g/mol. The number of benzene rings is 4. The van der Waals surface area contributed by atoms with Gasteiger partial charge in [-0.3, -0.25) is 4.79 Å². The summed E-state index contributed by atoms with van der Waals surface area (Å²) in [6.45, 7) is 2.34. The lowest BCUT2D eigenvalue weighted by Gasteiger charge is -2.13. The summed E-state index contributed by atoms with van der Waals surface area (Å²) in [4.78, 5) is 25.8. The molecule has 4 rings (SSSR count). The predicted octanol–water partition coefficient (Wildman–Crippen LogP) is 6.11. The second-order valence-corrected chi connectivity index (χ2v) is 7.60. The van der Waals surface area contributed by atoms with Gasteiger partial charge in [0.05, 0.1) is 6.61 Å². The third-order valence-electron chi connectivity index (χ3n) is 5.34. The average Bonchev–Trinajstić information content (AvgIpc) is 2.83. The topological polar surface area (TPSA) is 55.4 Å². The Balaban J connectivity index is 1.82. The first-order valence-electron chi connectivity index (χ1n) is 10.8. The lowest BCUT2D eigenvalue weighted by molar-refractivity contribution is -0.139. The molecule has 32 heavy (non-hydrogen) atoms. The molecule has 0 heterocycles. The summed E-state index contributed by atoms with van der Waals surface area (Å²) in [6, 6.07) is 27.0. The number of unbranched alkanes of at least 4 members (excludes halogenated alkanes) is 1. The van der Waals surface area contributed by atoms with Gasteiger partial charge in [0.1, 0.15) is 5.70 Å². The highest BCUT2D eigenvalue weighted by atomic mass is 16.5. The van der Waals surface area contributed by atoms with Crippen LogP contribution in [0.15, 0.2) is 90.6 Å². The van der Waals surface area contributed by atoms with Crippen molar-refractivity contribution in [3.8, 4) is 0 Å². The minimum absolute atomic E-state index is 0.122. The largest absolute Gasteiger partial charge is 0.461 e. The Bertz CT molecular complexity index is 1240. The molecular weight excluding hydrogens is 398 g/mol. The molecule has 0 aliphatic carbocycles. The van der Waals surface area contributed by atoms with E-state index in [-0.39, 0.29) is 11.6 Å². The third kappa shape index (κ3) is 4.70. The molecule has 0 aliphatic heterocycles. The number of fused-ring (bicyclic) bond motifs is 2. The summed E-state index contributed by atoms with van der Waals surface area (Å²) < 4.78 is 5.46. The number of rotatable bonds is 7. The minimum atomic E-state index is -0.542. The van der Waals surface area contributed by atoms with Gasteiger partial charge in [0.2, 0.25) is 0 Å². The van der Waals surface area contributed by atoms with Crippen molar-refractivity contribution in [2.24, 2.45) is 0 Å². The van der Waals surface area contributed by atoms with Crippen molar-refractivity contribution in [1.29, 1.82) is 0 Å². The maximum atomic E-state index is 13.0. The molecule has 4 nitrogen and oxygen atoms in total. The van der Waals surface area contributed by atoms with Crippen molar-refractivity contribution in [3.63, 3.8) is 0 Å². The number of nitrogens with one attached hydrogen (secondary N) is 1. The van der Waals surface area contributed by atoms with Gasteiger partial charge in [0, 0.05) is 5.56 Å². The lowest BCUT2D eigenvalue weighted by atomic mass is 9.96. The van der Waals surface area contributed by atoms with Crippen LogP contribution in [-0.2, 0) is 9.53 Å². The minimum Gasteiger partial charge on any atom is -0.461 e. The zero-order valence-electron chi connectivity index (χ0n) is 18.0. The highest BCUT2D eigenvalue weighted by Gasteiger charge is 2.17. The summed E-state index contributed by atoms with van der Waals surface area (Å²) in [5.41, 5.74) is 1.47. The predicted molar refractivity (Wildman–Crippen MR) is 129 cm³/mol. The molecule has 0 spiro atoms. The highest BCUT2D eigenvalue weighted by molar-refractivity contribution is 6.10. The Labute approximate surface area is 187 Å². The summed E-state index contributed by atoms with van der Waals surface area (Å²) in [7, 11) is 0. The van der Waals surface area contributed by atoms with Gasteiger partial charge in [0.25, 0.3) is 5.91 Å². The van der Waals surface area contributed by atoms with Crippen molar-refractivity contribution in [1.82, 2.24) is 5.32 Å². The van der Waals surface area contributed by atoms with Gasteiger partial charge >= 0.3 is 5.97 Å². The van der Waals surface area contributed by atoms with E-state index in [0.717, 1.165) is 39.9 Å². The van der Waals surface area contributed by atoms with Gasteiger partial charge in [-0.2, -0.15) is 0 Å². The Kier molecular flexibility index (Phi) is 6.61. The summed E-state index contributed by atoms with van der Waals surface area (Å²) in [5, 5.41) is 6.91. The maximum Gasteiger partial charge on any atom is 0.354 e. The maximum absolute atomic E-state index is 13.0. The SMILES string of the molecule is CCCCOC(=O)/C(=C/c1c2ccccc2cc2ccccc12)NC(=O)c1ccccc1. The first kappa shape index (κ1) is 21.3. The van der Waals surface area contributed by atoms with E-state index in [4.69, 9.17) is 4.74 Å². The van der Waals surface area contributed by atoms with Crippen LogP contribution >= 0.6 is 0 Å². The van der Waals surface area contributed by atoms with E-state index in [1.807, 2.05) is 61.5 Å². The fraction of sp³-hybridized carbons (Fsp3) is 0.143. The quantitative estimate of drug-likeness (QED) is 0.169. The van der Waals surface area contributed by atoms with Crippen LogP contribution in [0, 0.1) is 0 Å². The van der Waals surface area contributed by atoms with Gasteiger partial charge in [0.15, 0.2) is 0 Å². The molecule has 0 bridgehead atoms. The highest BCUT2D eigenvalue weighted by Crippen LogP contribution is 2.30. The zero-order valence-corrected chi connectivity index (χ0v) is 18.0. The van der Waals surface area contributed by atoms with Crippen LogP contribution in [0.5, 0.6) is 0 Å². The Morgan fingerprint density at radius 3 is 2.06 bits per heavy atom. The molecule has 0 aliphatic rings. The summed E-state index contributed by atoms with van der Waals surface area (Å²) in [5.74, 6) is -0.895. The van der Waals surface area contributed by atoms with Gasteiger partial charge in [-0.05, 0) is 57.8 Å². The first-order chi connectivity index (χ1) is 15.7. The molecule has 0 saturated carbocycles. The van der Waals surface area contributed by atoms with Crippen LogP contribution in [0.3, 0.4) is 0 Å². The summed E-state index contributed by atoms with van der Waals surface area (Å²) in [6.07, 6.45) is 3.42. The van der Waals surface area contributed by atoms with Crippen LogP contribution in [0.25, 0.3) is 27.6 Å². The molecule has 0 atom stereocenters. The lowest BCUT2D eigenvalue weighted by Crippen LogP contribution is -2.28. The molecule has 1 N–H and O–H groups in total. The Hall–Kier alpha value is -3.92. The average molecular weight is 424 g/mol. The smallest absolute Gasteiger partial charge is 0.354 e. The fourth-order valence-electron chi connectivity index (χ4n) is 3.67. The van der Waals surface area contributed by atoms with E-state index in [0.29, 0.717) is 12.2 Å². The van der Waals surface area contributed by atoms with Crippen LogP contribution < -0.4 is 5.32 Å². The van der Waals surface area contributed by atoms with Crippen LogP contribution in [-0.4, -0.2) is 18.5 Å². The molecular formula is C28H25NO3. The van der Waals surface area contributed by atoms with E-state index in [9.17, 15) is 9.59 Å². The number of esters is 1. The van der Waals surface area contributed by atoms with E-state index in [1.165, 1.54) is 0 Å². The second-order valence-electron chi connectivity index (χ2n) is 7.60. The molecule has 160 valence electrons. The second kappa shape index (κ2) is 9.92. The van der Waals surface area contributed by atoms with Gasteiger partial charge in [-0.1, -0.05) is 80.1 Å². The van der Waals surface area contributed by atoms with Gasteiger partial charge < -0.3 is 10.1 Å². The molecule has 0 saturated heterocycles. The van der Waals surface area contributed by atoms with Crippen LogP contribution in [0.1, 0.15) is 35.7 Å². The molecule has 0 unspecified atom stereocenters. The molecule has 4 aromatic carbocycles. The standard InChI is InChI=1S/C28H25NO3/c1-2-3-17-32-28(31)26(29-27(30)20-11-5-4-6-12-20)19-25-23-15-9-7-13-21(23)18-22-14-8-10-16-24(22)25/h4-16,18-19H,2-3,17H2,1H3,(H,29,30)/b26-19-. The van der Waals surface area contributed by atoms with Crippen molar-refractivity contribution in [2.45, 2.75) is 19.8 Å². The number of amides is 1. The van der Waals surface area contributed by atoms with Crippen molar-refractivity contribution < 1.29 is 14.3 Å². The van der Waals surface area contributed by atoms with Crippen molar-refractivity contribution in [3.05, 3.63) is 102 Å². The molecule has 0 radical (unpaired) electrons. The zero-order chi connectivity index (χ0) is 22.3. The van der Waals surface area contributed by atoms with E-state index in [2.05, 4.69) is 11.4 Å². The molecule has 0 aromatic heterocycles.